The van der Waals surface area contributed by atoms with Gasteiger partial charge in [0.15, 0.2) is 11.6 Å². The first-order valence-corrected chi connectivity index (χ1v) is 6.00. The average molecular weight is 273 g/mol. The van der Waals surface area contributed by atoms with Crippen molar-refractivity contribution in [1.29, 1.82) is 0 Å². The highest BCUT2D eigenvalue weighted by molar-refractivity contribution is 5.71. The first-order valence-electron chi connectivity index (χ1n) is 6.00. The molecule has 1 heterocycles. The zero-order chi connectivity index (χ0) is 14.2. The lowest BCUT2D eigenvalue weighted by atomic mass is 10.0. The van der Waals surface area contributed by atoms with Crippen LogP contribution in [0.2, 0.25) is 0 Å². The number of hydrogen-bond acceptors (Lipinski definition) is 2. The maximum atomic E-state index is 13.5. The molecule has 1 fully saturated rings. The van der Waals surface area contributed by atoms with Gasteiger partial charge in [0.25, 0.3) is 0 Å². The smallest absolute Gasteiger partial charge is 0.308 e. The third-order valence-corrected chi connectivity index (χ3v) is 3.67. The largest absolute Gasteiger partial charge is 0.481 e. The van der Waals surface area contributed by atoms with Gasteiger partial charge in [-0.1, -0.05) is 0 Å². The highest BCUT2D eigenvalue weighted by atomic mass is 19.2. The summed E-state index contributed by atoms with van der Waals surface area (Å²) >= 11 is 0. The highest BCUT2D eigenvalue weighted by Gasteiger charge is 2.35. The molecule has 2 rings (SSSR count). The predicted octanol–water partition coefficient (Wildman–Crippen LogP) is 2.40. The van der Waals surface area contributed by atoms with Gasteiger partial charge in [-0.2, -0.15) is 0 Å². The van der Waals surface area contributed by atoms with Crippen LogP contribution in [0.15, 0.2) is 12.1 Å². The first kappa shape index (κ1) is 13.9. The Morgan fingerprint density at radius 3 is 2.53 bits per heavy atom. The molecule has 0 radical (unpaired) electrons. The van der Waals surface area contributed by atoms with Crippen molar-refractivity contribution in [3.05, 3.63) is 35.1 Å². The zero-order valence-electron chi connectivity index (χ0n) is 10.4. The molecule has 0 amide bonds. The Balaban J connectivity index is 2.14. The summed E-state index contributed by atoms with van der Waals surface area (Å²) in [5.41, 5.74) is 0.0387. The van der Waals surface area contributed by atoms with Gasteiger partial charge >= 0.3 is 5.97 Å². The lowest BCUT2D eigenvalue weighted by Crippen LogP contribution is -2.32. The molecule has 0 bridgehead atoms. The third kappa shape index (κ3) is 2.73. The standard InChI is InChI=1S/C13H14F3NO2/c1-7-9(13(18)19)2-3-17(7)6-8-4-11(15)12(16)5-10(8)14/h4-5,7,9H,2-3,6H2,1H3,(H,18,19). The second-order valence-corrected chi connectivity index (χ2v) is 4.80. The Morgan fingerprint density at radius 2 is 1.95 bits per heavy atom. The number of halogens is 3. The normalized spacial score (nSPS) is 23.8. The van der Waals surface area contributed by atoms with Crippen molar-refractivity contribution in [1.82, 2.24) is 4.90 Å². The molecule has 0 aliphatic carbocycles. The van der Waals surface area contributed by atoms with Crippen LogP contribution >= 0.6 is 0 Å². The molecule has 1 aromatic carbocycles. The van der Waals surface area contributed by atoms with Gasteiger partial charge in [0.1, 0.15) is 5.82 Å². The molecule has 2 unspecified atom stereocenters. The average Bonchev–Trinajstić information content (AvgIpc) is 2.68. The Labute approximate surface area is 108 Å². The van der Waals surface area contributed by atoms with Crippen LogP contribution in [0, 0.1) is 23.4 Å². The summed E-state index contributed by atoms with van der Waals surface area (Å²) in [5, 5.41) is 8.99. The monoisotopic (exact) mass is 273 g/mol. The van der Waals surface area contributed by atoms with E-state index >= 15 is 0 Å². The maximum Gasteiger partial charge on any atom is 0.308 e. The quantitative estimate of drug-likeness (QED) is 0.860. The van der Waals surface area contributed by atoms with E-state index in [0.717, 1.165) is 6.07 Å². The van der Waals surface area contributed by atoms with Crippen molar-refractivity contribution >= 4 is 5.97 Å². The zero-order valence-corrected chi connectivity index (χ0v) is 10.4. The fraction of sp³-hybridized carbons (Fsp3) is 0.462. The van der Waals surface area contributed by atoms with Crippen LogP contribution in [0.3, 0.4) is 0 Å². The summed E-state index contributed by atoms with van der Waals surface area (Å²) < 4.78 is 39.4. The van der Waals surface area contributed by atoms with Crippen molar-refractivity contribution in [3.63, 3.8) is 0 Å². The Hall–Kier alpha value is -1.56. The van der Waals surface area contributed by atoms with E-state index in [1.165, 1.54) is 0 Å². The molecule has 0 spiro atoms. The molecule has 6 heteroatoms. The van der Waals surface area contributed by atoms with Crippen LogP contribution in [-0.2, 0) is 11.3 Å². The van der Waals surface area contributed by atoms with E-state index in [1.807, 2.05) is 0 Å². The molecule has 2 atom stereocenters. The van der Waals surface area contributed by atoms with Crippen molar-refractivity contribution in [2.75, 3.05) is 6.54 Å². The second-order valence-electron chi connectivity index (χ2n) is 4.80. The van der Waals surface area contributed by atoms with Gasteiger partial charge in [0, 0.05) is 24.2 Å². The fourth-order valence-electron chi connectivity index (χ4n) is 2.46. The molecule has 1 aliphatic rings. The molecule has 1 saturated heterocycles. The third-order valence-electron chi connectivity index (χ3n) is 3.67. The summed E-state index contributed by atoms with van der Waals surface area (Å²) in [5.74, 6) is -4.53. The van der Waals surface area contributed by atoms with Crippen LogP contribution in [0.1, 0.15) is 18.9 Å². The van der Waals surface area contributed by atoms with E-state index in [2.05, 4.69) is 0 Å². The molecule has 0 aromatic heterocycles. The number of carboxylic acid groups (broad SMARTS) is 1. The molecule has 1 aromatic rings. The van der Waals surface area contributed by atoms with E-state index < -0.39 is 29.3 Å². The van der Waals surface area contributed by atoms with Crippen molar-refractivity contribution < 1.29 is 23.1 Å². The fourth-order valence-corrected chi connectivity index (χ4v) is 2.46. The second kappa shape index (κ2) is 5.21. The van der Waals surface area contributed by atoms with Crippen LogP contribution < -0.4 is 0 Å². The van der Waals surface area contributed by atoms with Gasteiger partial charge in [-0.25, -0.2) is 13.2 Å². The van der Waals surface area contributed by atoms with E-state index in [1.54, 1.807) is 11.8 Å². The summed E-state index contributed by atoms with van der Waals surface area (Å²) in [6, 6.07) is 1.08. The van der Waals surface area contributed by atoms with Gasteiger partial charge in [-0.15, -0.1) is 0 Å². The van der Waals surface area contributed by atoms with Crippen molar-refractivity contribution in [3.8, 4) is 0 Å². The number of benzene rings is 1. The minimum atomic E-state index is -1.22. The van der Waals surface area contributed by atoms with Crippen molar-refractivity contribution in [2.45, 2.75) is 25.9 Å². The lowest BCUT2D eigenvalue weighted by molar-refractivity contribution is -0.142. The molecular formula is C13H14F3NO2. The minimum Gasteiger partial charge on any atom is -0.481 e. The topological polar surface area (TPSA) is 40.5 Å². The van der Waals surface area contributed by atoms with E-state index in [4.69, 9.17) is 5.11 Å². The number of nitrogens with zero attached hydrogens (tertiary/aromatic N) is 1. The molecule has 1 aliphatic heterocycles. The summed E-state index contributed by atoms with van der Waals surface area (Å²) in [6.45, 7) is 2.31. The van der Waals surface area contributed by atoms with Crippen molar-refractivity contribution in [2.24, 2.45) is 5.92 Å². The number of hydrogen-bond donors (Lipinski definition) is 1. The number of carboxylic acids is 1. The number of carbonyl (C=O) groups is 1. The summed E-state index contributed by atoms with van der Waals surface area (Å²) in [4.78, 5) is 12.7. The van der Waals surface area contributed by atoms with Gasteiger partial charge in [0.05, 0.1) is 5.92 Å². The van der Waals surface area contributed by atoms with Crippen LogP contribution in [0.4, 0.5) is 13.2 Å². The first-order chi connectivity index (χ1) is 8.90. The van der Waals surface area contributed by atoms with Gasteiger partial charge in [-0.05, 0) is 26.0 Å². The highest BCUT2D eigenvalue weighted by Crippen LogP contribution is 2.27. The number of aliphatic carboxylic acids is 1. The SMILES string of the molecule is CC1C(C(=O)O)CCN1Cc1cc(F)c(F)cc1F. The summed E-state index contributed by atoms with van der Waals surface area (Å²) in [6.07, 6.45) is 0.474. The van der Waals surface area contributed by atoms with Crippen LogP contribution in [0.25, 0.3) is 0 Å². The van der Waals surface area contributed by atoms with Crippen LogP contribution in [0.5, 0.6) is 0 Å². The van der Waals surface area contributed by atoms with Gasteiger partial charge in [-0.3, -0.25) is 9.69 Å². The summed E-state index contributed by atoms with van der Waals surface area (Å²) in [7, 11) is 0. The predicted molar refractivity (Wildman–Crippen MR) is 61.9 cm³/mol. The number of rotatable bonds is 3. The molecular weight excluding hydrogens is 259 g/mol. The minimum absolute atomic E-state index is 0.0387. The van der Waals surface area contributed by atoms with Gasteiger partial charge in [0.2, 0.25) is 0 Å². The maximum absolute atomic E-state index is 13.5. The Kier molecular flexibility index (Phi) is 3.80. The number of likely N-dealkylation sites (tertiary alicyclic amines) is 1. The van der Waals surface area contributed by atoms with Gasteiger partial charge < -0.3 is 5.11 Å². The molecule has 3 nitrogen and oxygen atoms in total. The molecule has 0 saturated carbocycles. The van der Waals surface area contributed by atoms with E-state index in [0.29, 0.717) is 19.0 Å². The molecule has 104 valence electrons. The Morgan fingerprint density at radius 1 is 1.32 bits per heavy atom. The van der Waals surface area contributed by atoms with Crippen LogP contribution in [-0.4, -0.2) is 28.6 Å². The van der Waals surface area contributed by atoms with E-state index in [9.17, 15) is 18.0 Å². The lowest BCUT2D eigenvalue weighted by Gasteiger charge is -2.23. The molecule has 19 heavy (non-hydrogen) atoms. The molecule has 1 N–H and O–H groups in total. The van der Waals surface area contributed by atoms with E-state index in [-0.39, 0.29) is 18.2 Å². The Bertz CT molecular complexity index is 507.